The topological polar surface area (TPSA) is 70.2 Å². The number of hydrogen-bond acceptors (Lipinski definition) is 5. The van der Waals surface area contributed by atoms with Gasteiger partial charge in [0.1, 0.15) is 0 Å². The first-order valence-corrected chi connectivity index (χ1v) is 9.36. The number of halogens is 1. The Labute approximate surface area is 162 Å². The minimum atomic E-state index is -0.239. The lowest BCUT2D eigenvalue weighted by atomic mass is 10.1. The molecule has 0 bridgehead atoms. The largest absolute Gasteiger partial charge is 0.381 e. The van der Waals surface area contributed by atoms with Crippen LogP contribution >= 0.6 is 11.6 Å². The van der Waals surface area contributed by atoms with Crippen molar-refractivity contribution in [3.63, 3.8) is 0 Å². The summed E-state index contributed by atoms with van der Waals surface area (Å²) in [4.78, 5) is 14.2. The number of benzene rings is 2. The zero-order valence-electron chi connectivity index (χ0n) is 14.9. The fourth-order valence-corrected chi connectivity index (χ4v) is 3.50. The second-order valence-corrected chi connectivity index (χ2v) is 7.02. The fourth-order valence-electron chi connectivity index (χ4n) is 3.30. The lowest BCUT2D eigenvalue weighted by Crippen LogP contribution is -2.35. The van der Waals surface area contributed by atoms with Gasteiger partial charge in [-0.2, -0.15) is 5.10 Å². The maximum absolute atomic E-state index is 11.8. The highest BCUT2D eigenvalue weighted by molar-refractivity contribution is 6.34. The van der Waals surface area contributed by atoms with Crippen molar-refractivity contribution in [2.24, 2.45) is 0 Å². The number of hydrogen-bond donors (Lipinski definition) is 2. The van der Waals surface area contributed by atoms with E-state index in [4.69, 9.17) is 16.3 Å². The maximum Gasteiger partial charge on any atom is 0.272 e. The maximum atomic E-state index is 11.8. The Balaban J connectivity index is 1.45. The minimum Gasteiger partial charge on any atom is -0.381 e. The van der Waals surface area contributed by atoms with Crippen molar-refractivity contribution in [3.8, 4) is 0 Å². The third-order valence-corrected chi connectivity index (χ3v) is 5.03. The van der Waals surface area contributed by atoms with Crippen LogP contribution in [0.25, 0.3) is 10.8 Å². The molecule has 1 aromatic heterocycles. The van der Waals surface area contributed by atoms with Crippen molar-refractivity contribution in [2.45, 2.75) is 13.1 Å². The molecule has 0 unspecified atom stereocenters. The second-order valence-electron chi connectivity index (χ2n) is 6.67. The van der Waals surface area contributed by atoms with Gasteiger partial charge in [-0.3, -0.25) is 9.69 Å². The summed E-state index contributed by atoms with van der Waals surface area (Å²) >= 11 is 6.11. The van der Waals surface area contributed by atoms with Crippen LogP contribution in [0.15, 0.2) is 47.3 Å². The van der Waals surface area contributed by atoms with Crippen LogP contribution in [0.5, 0.6) is 0 Å². The first kappa shape index (κ1) is 18.0. The summed E-state index contributed by atoms with van der Waals surface area (Å²) in [6.45, 7) is 5.21. The Morgan fingerprint density at radius 1 is 1.11 bits per heavy atom. The van der Waals surface area contributed by atoms with Crippen LogP contribution < -0.4 is 10.9 Å². The predicted molar refractivity (Wildman–Crippen MR) is 107 cm³/mol. The molecule has 1 fully saturated rings. The second kappa shape index (κ2) is 8.08. The molecule has 0 atom stereocenters. The molecule has 2 heterocycles. The number of morpholine rings is 1. The fraction of sp³-hybridized carbons (Fsp3) is 0.300. The lowest BCUT2D eigenvalue weighted by Gasteiger charge is -2.26. The van der Waals surface area contributed by atoms with E-state index in [9.17, 15) is 4.79 Å². The molecule has 0 saturated carbocycles. The van der Waals surface area contributed by atoms with Crippen LogP contribution in [0, 0.1) is 0 Å². The van der Waals surface area contributed by atoms with Gasteiger partial charge >= 0.3 is 0 Å². The molecule has 0 aliphatic carbocycles. The van der Waals surface area contributed by atoms with E-state index in [1.807, 2.05) is 12.1 Å². The number of nitrogens with zero attached hydrogens (tertiary/aromatic N) is 2. The van der Waals surface area contributed by atoms with Crippen molar-refractivity contribution < 1.29 is 4.74 Å². The molecule has 2 aromatic carbocycles. The third-order valence-electron chi connectivity index (χ3n) is 4.74. The van der Waals surface area contributed by atoms with E-state index in [0.717, 1.165) is 38.5 Å². The first-order chi connectivity index (χ1) is 13.2. The molecule has 0 amide bonds. The zero-order valence-corrected chi connectivity index (χ0v) is 15.6. The summed E-state index contributed by atoms with van der Waals surface area (Å²) in [5.41, 5.74) is 3.16. The summed E-state index contributed by atoms with van der Waals surface area (Å²) in [6, 6.07) is 14.1. The standard InChI is InChI=1S/C20H21ClN4O2/c21-19-18-11-16(4-5-17(18)20(26)24-23-19)22-12-14-2-1-3-15(10-14)13-25-6-8-27-9-7-25/h1-5,10-11,22H,6-9,12-13H2,(H,24,26). The SMILES string of the molecule is O=c1[nH]nc(Cl)c2cc(NCc3cccc(CN4CCOCC4)c3)ccc12. The van der Waals surface area contributed by atoms with E-state index >= 15 is 0 Å². The van der Waals surface area contributed by atoms with Gasteiger partial charge in [0.25, 0.3) is 5.56 Å². The van der Waals surface area contributed by atoms with Crippen molar-refractivity contribution in [3.05, 3.63) is 69.1 Å². The number of H-pyrrole nitrogens is 1. The van der Waals surface area contributed by atoms with Crippen molar-refractivity contribution >= 4 is 28.1 Å². The predicted octanol–water partition coefficient (Wildman–Crippen LogP) is 3.02. The lowest BCUT2D eigenvalue weighted by molar-refractivity contribution is 0.0342. The summed E-state index contributed by atoms with van der Waals surface area (Å²) in [6.07, 6.45) is 0. The highest BCUT2D eigenvalue weighted by Crippen LogP contribution is 2.22. The highest BCUT2D eigenvalue weighted by atomic mass is 35.5. The zero-order chi connectivity index (χ0) is 18.6. The molecule has 6 nitrogen and oxygen atoms in total. The number of fused-ring (bicyclic) bond motifs is 1. The summed E-state index contributed by atoms with van der Waals surface area (Å²) in [5.74, 6) is 0. The molecule has 1 aliphatic rings. The van der Waals surface area contributed by atoms with E-state index in [0.29, 0.717) is 22.5 Å². The molecule has 2 N–H and O–H groups in total. The number of aromatic amines is 1. The van der Waals surface area contributed by atoms with Crippen LogP contribution in [0.3, 0.4) is 0 Å². The van der Waals surface area contributed by atoms with E-state index in [1.54, 1.807) is 6.07 Å². The van der Waals surface area contributed by atoms with Gasteiger partial charge in [-0.05, 0) is 29.3 Å². The van der Waals surface area contributed by atoms with Crippen LogP contribution in [0.1, 0.15) is 11.1 Å². The first-order valence-electron chi connectivity index (χ1n) is 8.99. The van der Waals surface area contributed by atoms with Crippen LogP contribution in [0.2, 0.25) is 5.15 Å². The monoisotopic (exact) mass is 384 g/mol. The number of rotatable bonds is 5. The Morgan fingerprint density at radius 2 is 1.93 bits per heavy atom. The van der Waals surface area contributed by atoms with E-state index in [1.165, 1.54) is 11.1 Å². The third kappa shape index (κ3) is 4.30. The van der Waals surface area contributed by atoms with Gasteiger partial charge in [0.05, 0.1) is 18.6 Å². The van der Waals surface area contributed by atoms with Gasteiger partial charge in [-0.1, -0.05) is 35.9 Å². The number of aromatic nitrogens is 2. The highest BCUT2D eigenvalue weighted by Gasteiger charge is 2.11. The summed E-state index contributed by atoms with van der Waals surface area (Å²) in [5, 5.41) is 11.1. The molecule has 0 spiro atoms. The molecule has 3 aromatic rings. The van der Waals surface area contributed by atoms with Crippen molar-refractivity contribution in [1.29, 1.82) is 0 Å². The van der Waals surface area contributed by atoms with Gasteiger partial charge in [-0.25, -0.2) is 5.10 Å². The molecule has 7 heteroatoms. The van der Waals surface area contributed by atoms with Gasteiger partial charge in [0.2, 0.25) is 0 Å². The molecule has 1 aliphatic heterocycles. The quantitative estimate of drug-likeness (QED) is 0.707. The number of ether oxygens (including phenoxy) is 1. The van der Waals surface area contributed by atoms with Gasteiger partial charge in [-0.15, -0.1) is 0 Å². The Hall–Kier alpha value is -2.41. The van der Waals surface area contributed by atoms with Crippen LogP contribution in [0.4, 0.5) is 5.69 Å². The van der Waals surface area contributed by atoms with Gasteiger partial charge in [0, 0.05) is 37.3 Å². The van der Waals surface area contributed by atoms with Gasteiger partial charge in [0.15, 0.2) is 5.15 Å². The van der Waals surface area contributed by atoms with E-state index < -0.39 is 0 Å². The van der Waals surface area contributed by atoms with Crippen LogP contribution in [-0.4, -0.2) is 41.4 Å². The Bertz CT molecular complexity index is 999. The smallest absolute Gasteiger partial charge is 0.272 e. The van der Waals surface area contributed by atoms with Crippen LogP contribution in [-0.2, 0) is 17.8 Å². The normalized spacial score (nSPS) is 15.1. The Morgan fingerprint density at radius 3 is 2.78 bits per heavy atom. The molecule has 4 rings (SSSR count). The van der Waals surface area contributed by atoms with E-state index in [-0.39, 0.29) is 5.56 Å². The molecule has 140 valence electrons. The van der Waals surface area contributed by atoms with Crippen molar-refractivity contribution in [1.82, 2.24) is 15.1 Å². The number of nitrogens with one attached hydrogen (secondary N) is 2. The van der Waals surface area contributed by atoms with E-state index in [2.05, 4.69) is 44.7 Å². The average molecular weight is 385 g/mol. The summed E-state index contributed by atoms with van der Waals surface area (Å²) in [7, 11) is 0. The molecular weight excluding hydrogens is 364 g/mol. The van der Waals surface area contributed by atoms with Crippen molar-refractivity contribution in [2.75, 3.05) is 31.6 Å². The minimum absolute atomic E-state index is 0.239. The van der Waals surface area contributed by atoms with Gasteiger partial charge < -0.3 is 10.1 Å². The molecule has 0 radical (unpaired) electrons. The molecule has 1 saturated heterocycles. The molecule has 27 heavy (non-hydrogen) atoms. The summed E-state index contributed by atoms with van der Waals surface area (Å²) < 4.78 is 5.41. The number of anilines is 1. The average Bonchev–Trinajstić information content (AvgIpc) is 2.70. The molecular formula is C20H21ClN4O2. The Kier molecular flexibility index (Phi) is 5.38.